The molecule has 0 saturated heterocycles. The molecule has 0 aliphatic heterocycles. The van der Waals surface area contributed by atoms with Crippen LogP contribution in [-0.2, 0) is 4.79 Å². The third-order valence-electron chi connectivity index (χ3n) is 3.86. The predicted molar refractivity (Wildman–Crippen MR) is 91.3 cm³/mol. The first-order valence-corrected chi connectivity index (χ1v) is 8.90. The molecule has 5 heteroatoms. The lowest BCUT2D eigenvalue weighted by Gasteiger charge is -2.10. The maximum absolute atomic E-state index is 10.3. The zero-order valence-corrected chi connectivity index (χ0v) is 14.4. The number of aliphatic hydroxyl groups excluding tert-OH is 3. The van der Waals surface area contributed by atoms with Crippen molar-refractivity contribution in [1.82, 2.24) is 0 Å². The average molecular weight is 330 g/mol. The summed E-state index contributed by atoms with van der Waals surface area (Å²) in [7, 11) is 0. The predicted octanol–water partition coefficient (Wildman–Crippen LogP) is 3.02. The van der Waals surface area contributed by atoms with E-state index in [1.807, 2.05) is 0 Å². The smallest absolute Gasteiger partial charge is 0.303 e. The number of hydrogen-bond donors (Lipinski definition) is 4. The topological polar surface area (TPSA) is 98.0 Å². The molecule has 3 unspecified atom stereocenters. The number of hydrogen-bond acceptors (Lipinski definition) is 4. The maximum Gasteiger partial charge on any atom is 0.303 e. The van der Waals surface area contributed by atoms with E-state index in [1.54, 1.807) is 12.2 Å². The van der Waals surface area contributed by atoms with Crippen molar-refractivity contribution in [3.05, 3.63) is 12.2 Å². The van der Waals surface area contributed by atoms with E-state index in [1.165, 1.54) is 0 Å². The molecule has 0 aromatic carbocycles. The molecule has 0 radical (unpaired) electrons. The lowest BCUT2D eigenvalue weighted by molar-refractivity contribution is -0.137. The summed E-state index contributed by atoms with van der Waals surface area (Å²) in [5.41, 5.74) is 0. The van der Waals surface area contributed by atoms with Gasteiger partial charge in [-0.05, 0) is 32.1 Å². The Balaban J connectivity index is 3.61. The van der Waals surface area contributed by atoms with Crippen LogP contribution in [0.1, 0.15) is 77.6 Å². The van der Waals surface area contributed by atoms with Gasteiger partial charge in [0.05, 0.1) is 18.3 Å². The molecule has 0 aliphatic rings. The summed E-state index contributed by atoms with van der Waals surface area (Å²) in [6, 6.07) is 0. The molecule has 0 aromatic heterocycles. The average Bonchev–Trinajstić information content (AvgIpc) is 2.49. The third kappa shape index (κ3) is 15.8. The number of carboxylic acid groups (broad SMARTS) is 1. The number of carbonyl (C=O) groups is 1. The fourth-order valence-corrected chi connectivity index (χ4v) is 2.47. The van der Waals surface area contributed by atoms with E-state index in [9.17, 15) is 20.1 Å². The van der Waals surface area contributed by atoms with Gasteiger partial charge in [0.2, 0.25) is 0 Å². The Kier molecular flexibility index (Phi) is 14.1. The molecule has 0 aliphatic carbocycles. The van der Waals surface area contributed by atoms with Crippen LogP contribution < -0.4 is 0 Å². The lowest BCUT2D eigenvalue weighted by Crippen LogP contribution is -2.08. The molecule has 0 amide bonds. The Morgan fingerprint density at radius 1 is 0.826 bits per heavy atom. The minimum absolute atomic E-state index is 0.178. The molecule has 136 valence electrons. The van der Waals surface area contributed by atoms with Gasteiger partial charge in [-0.25, -0.2) is 0 Å². The molecule has 0 bridgehead atoms. The molecule has 23 heavy (non-hydrogen) atoms. The highest BCUT2D eigenvalue weighted by molar-refractivity contribution is 5.66. The molecule has 0 aromatic rings. The molecule has 4 N–H and O–H groups in total. The van der Waals surface area contributed by atoms with Crippen LogP contribution in [0.5, 0.6) is 0 Å². The molecule has 0 heterocycles. The minimum atomic E-state index is -0.782. The van der Waals surface area contributed by atoms with Gasteiger partial charge in [0.15, 0.2) is 0 Å². The molecular formula is C18H34O5. The quantitative estimate of drug-likeness (QED) is 0.273. The van der Waals surface area contributed by atoms with Crippen molar-refractivity contribution >= 4 is 5.97 Å². The summed E-state index contributed by atoms with van der Waals surface area (Å²) >= 11 is 0. The van der Waals surface area contributed by atoms with Gasteiger partial charge in [-0.1, -0.05) is 51.2 Å². The van der Waals surface area contributed by atoms with Crippen LogP contribution in [0.2, 0.25) is 0 Å². The molecule has 0 rings (SSSR count). The monoisotopic (exact) mass is 330 g/mol. The van der Waals surface area contributed by atoms with Gasteiger partial charge in [-0.3, -0.25) is 4.79 Å². The number of rotatable bonds is 15. The van der Waals surface area contributed by atoms with E-state index in [2.05, 4.69) is 6.92 Å². The number of aliphatic carboxylic acids is 1. The molecule has 0 saturated carbocycles. The Labute approximate surface area is 140 Å². The van der Waals surface area contributed by atoms with Crippen LogP contribution in [0.25, 0.3) is 0 Å². The van der Waals surface area contributed by atoms with Crippen molar-refractivity contribution in [3.63, 3.8) is 0 Å². The summed E-state index contributed by atoms with van der Waals surface area (Å²) in [6.07, 6.45) is 9.86. The van der Waals surface area contributed by atoms with Crippen LogP contribution >= 0.6 is 0 Å². The Morgan fingerprint density at radius 3 is 1.87 bits per heavy atom. The van der Waals surface area contributed by atoms with Gasteiger partial charge in [0.1, 0.15) is 0 Å². The standard InChI is InChI=1S/C18H34O5/c1-2-8-15(19)10-6-7-11-17(21)14-13-16(20)9-4-3-5-12-18(22)23/h13-17,19-21H,2-12H2,1H3,(H,22,23)/b14-13+. The molecule has 0 spiro atoms. The van der Waals surface area contributed by atoms with Crippen LogP contribution in [0.3, 0.4) is 0 Å². The van der Waals surface area contributed by atoms with Crippen molar-refractivity contribution in [1.29, 1.82) is 0 Å². The highest BCUT2D eigenvalue weighted by Crippen LogP contribution is 2.11. The van der Waals surface area contributed by atoms with Gasteiger partial charge in [0, 0.05) is 6.42 Å². The zero-order chi connectivity index (χ0) is 17.5. The van der Waals surface area contributed by atoms with Gasteiger partial charge in [-0.15, -0.1) is 0 Å². The summed E-state index contributed by atoms with van der Waals surface area (Å²) in [4.78, 5) is 10.3. The summed E-state index contributed by atoms with van der Waals surface area (Å²) in [6.45, 7) is 2.05. The third-order valence-corrected chi connectivity index (χ3v) is 3.86. The van der Waals surface area contributed by atoms with Crippen LogP contribution in [0.15, 0.2) is 12.2 Å². The Bertz CT molecular complexity index is 317. The second-order valence-electron chi connectivity index (χ2n) is 6.24. The van der Waals surface area contributed by atoms with Gasteiger partial charge in [-0.2, -0.15) is 0 Å². The van der Waals surface area contributed by atoms with Crippen LogP contribution in [0.4, 0.5) is 0 Å². The van der Waals surface area contributed by atoms with Gasteiger partial charge < -0.3 is 20.4 Å². The Morgan fingerprint density at radius 2 is 1.35 bits per heavy atom. The minimum Gasteiger partial charge on any atom is -0.481 e. The van der Waals surface area contributed by atoms with Gasteiger partial charge in [0.25, 0.3) is 0 Å². The fourth-order valence-electron chi connectivity index (χ4n) is 2.47. The normalized spacial score (nSPS) is 15.7. The summed E-state index contributed by atoms with van der Waals surface area (Å²) in [5.74, 6) is -0.782. The van der Waals surface area contributed by atoms with E-state index in [4.69, 9.17) is 5.11 Å². The first-order chi connectivity index (χ1) is 11.0. The maximum atomic E-state index is 10.3. The number of unbranched alkanes of at least 4 members (excludes halogenated alkanes) is 3. The first kappa shape index (κ1) is 22.1. The Hall–Kier alpha value is -0.910. The second-order valence-corrected chi connectivity index (χ2v) is 6.24. The molecule has 0 fully saturated rings. The summed E-state index contributed by atoms with van der Waals surface area (Å²) < 4.78 is 0. The number of carboxylic acids is 1. The van der Waals surface area contributed by atoms with Gasteiger partial charge >= 0.3 is 5.97 Å². The van der Waals surface area contributed by atoms with Crippen molar-refractivity contribution < 1.29 is 25.2 Å². The highest BCUT2D eigenvalue weighted by Gasteiger charge is 2.05. The largest absolute Gasteiger partial charge is 0.481 e. The van der Waals surface area contributed by atoms with Crippen LogP contribution in [0, 0.1) is 0 Å². The van der Waals surface area contributed by atoms with E-state index in [0.29, 0.717) is 19.3 Å². The van der Waals surface area contributed by atoms with E-state index in [0.717, 1.165) is 44.9 Å². The van der Waals surface area contributed by atoms with E-state index < -0.39 is 18.2 Å². The molecular weight excluding hydrogens is 296 g/mol. The van der Waals surface area contributed by atoms with Crippen molar-refractivity contribution in [2.24, 2.45) is 0 Å². The van der Waals surface area contributed by atoms with Crippen LogP contribution in [-0.4, -0.2) is 44.7 Å². The fraction of sp³-hybridized carbons (Fsp3) is 0.833. The SMILES string of the molecule is CCCC(O)CCCCC(O)/C=C/C(O)CCCCCC(=O)O. The van der Waals surface area contributed by atoms with E-state index >= 15 is 0 Å². The number of aliphatic hydroxyl groups is 3. The molecule has 5 nitrogen and oxygen atoms in total. The second kappa shape index (κ2) is 14.7. The van der Waals surface area contributed by atoms with Crippen molar-refractivity contribution in [2.75, 3.05) is 0 Å². The lowest BCUT2D eigenvalue weighted by atomic mass is 10.0. The van der Waals surface area contributed by atoms with Crippen molar-refractivity contribution in [3.8, 4) is 0 Å². The highest BCUT2D eigenvalue weighted by atomic mass is 16.4. The zero-order valence-electron chi connectivity index (χ0n) is 14.4. The molecule has 3 atom stereocenters. The van der Waals surface area contributed by atoms with E-state index in [-0.39, 0.29) is 12.5 Å². The van der Waals surface area contributed by atoms with Crippen molar-refractivity contribution in [2.45, 2.75) is 95.9 Å². The summed E-state index contributed by atoms with van der Waals surface area (Å²) in [5, 5.41) is 37.7. The first-order valence-electron chi connectivity index (χ1n) is 8.90.